The normalized spacial score (nSPS) is 12.1. The van der Waals surface area contributed by atoms with Crippen molar-refractivity contribution in [3.05, 3.63) is 72.1 Å². The number of amides is 1. The van der Waals surface area contributed by atoms with Gasteiger partial charge in [0.2, 0.25) is 5.91 Å². The molecule has 0 aliphatic heterocycles. The van der Waals surface area contributed by atoms with Crippen LogP contribution in [0.1, 0.15) is 18.1 Å². The molecule has 6 heteroatoms. The lowest BCUT2D eigenvalue weighted by atomic mass is 10.1. The first-order valence-corrected chi connectivity index (χ1v) is 11.1. The first-order chi connectivity index (χ1) is 14.0. The molecule has 2 heterocycles. The van der Waals surface area contributed by atoms with Crippen molar-refractivity contribution in [1.29, 1.82) is 0 Å². The Hall–Kier alpha value is -2.70. The second-order valence-electron chi connectivity index (χ2n) is 6.87. The van der Waals surface area contributed by atoms with Gasteiger partial charge >= 0.3 is 0 Å². The number of anilines is 1. The van der Waals surface area contributed by atoms with Gasteiger partial charge < -0.3 is 5.32 Å². The van der Waals surface area contributed by atoms with Gasteiger partial charge in [0.1, 0.15) is 16.2 Å². The number of fused-ring (bicyclic) bond motifs is 1. The van der Waals surface area contributed by atoms with E-state index in [9.17, 15) is 4.79 Å². The topological polar surface area (TPSA) is 54.9 Å². The van der Waals surface area contributed by atoms with Crippen LogP contribution in [0.4, 0.5) is 5.69 Å². The van der Waals surface area contributed by atoms with Crippen molar-refractivity contribution in [2.24, 2.45) is 0 Å². The maximum atomic E-state index is 12.8. The largest absolute Gasteiger partial charge is 0.325 e. The summed E-state index contributed by atoms with van der Waals surface area (Å²) >= 11 is 3.10. The number of hydrogen-bond acceptors (Lipinski definition) is 5. The Morgan fingerprint density at radius 2 is 1.86 bits per heavy atom. The van der Waals surface area contributed by atoms with Gasteiger partial charge in [0, 0.05) is 16.0 Å². The summed E-state index contributed by atoms with van der Waals surface area (Å²) in [5, 5.41) is 4.59. The number of hydrogen-bond donors (Lipinski definition) is 1. The summed E-state index contributed by atoms with van der Waals surface area (Å²) in [7, 11) is 0. The SMILES string of the molecule is Cc1cccc(NC(=O)C(C)Sc2ncnc3sc(-c4ccccc4)cc23)c1C. The average Bonchev–Trinajstić information content (AvgIpc) is 3.17. The van der Waals surface area contributed by atoms with Gasteiger partial charge in [0.05, 0.1) is 5.25 Å². The van der Waals surface area contributed by atoms with Crippen LogP contribution in [0.2, 0.25) is 0 Å². The van der Waals surface area contributed by atoms with Gasteiger partial charge in [0.15, 0.2) is 0 Å². The van der Waals surface area contributed by atoms with Crippen molar-refractivity contribution >= 4 is 44.9 Å². The van der Waals surface area contributed by atoms with Crippen molar-refractivity contribution in [2.75, 3.05) is 5.32 Å². The number of thioether (sulfide) groups is 1. The Kier molecular flexibility index (Phi) is 5.65. The molecule has 0 aliphatic rings. The average molecular weight is 420 g/mol. The fraction of sp³-hybridized carbons (Fsp3) is 0.174. The summed E-state index contributed by atoms with van der Waals surface area (Å²) in [6, 6.07) is 18.3. The van der Waals surface area contributed by atoms with E-state index < -0.39 is 0 Å². The minimum Gasteiger partial charge on any atom is -0.325 e. The minimum absolute atomic E-state index is 0.0334. The van der Waals surface area contributed by atoms with E-state index in [1.165, 1.54) is 11.8 Å². The van der Waals surface area contributed by atoms with Crippen molar-refractivity contribution in [3.8, 4) is 10.4 Å². The van der Waals surface area contributed by atoms with E-state index in [0.717, 1.165) is 42.5 Å². The molecule has 29 heavy (non-hydrogen) atoms. The van der Waals surface area contributed by atoms with E-state index in [1.807, 2.05) is 57.2 Å². The molecular weight excluding hydrogens is 398 g/mol. The minimum atomic E-state index is -0.284. The van der Waals surface area contributed by atoms with Crippen LogP contribution in [0.25, 0.3) is 20.7 Å². The number of nitrogens with zero attached hydrogens (tertiary/aromatic N) is 2. The fourth-order valence-corrected chi connectivity index (χ4v) is 4.97. The van der Waals surface area contributed by atoms with E-state index in [-0.39, 0.29) is 11.2 Å². The molecule has 0 aliphatic carbocycles. The second kappa shape index (κ2) is 8.35. The highest BCUT2D eigenvalue weighted by atomic mass is 32.2. The number of rotatable bonds is 5. The standard InChI is InChI=1S/C23H21N3OS2/c1-14-8-7-11-19(15(14)2)26-21(27)16(3)28-22-18-12-20(17-9-5-4-6-10-17)29-23(18)25-13-24-22/h4-13,16H,1-3H3,(H,26,27). The van der Waals surface area contributed by atoms with Crippen molar-refractivity contribution in [2.45, 2.75) is 31.0 Å². The number of thiophene rings is 1. The molecule has 1 N–H and O–H groups in total. The monoisotopic (exact) mass is 419 g/mol. The van der Waals surface area contributed by atoms with Crippen LogP contribution in [-0.4, -0.2) is 21.1 Å². The Morgan fingerprint density at radius 3 is 2.66 bits per heavy atom. The number of benzene rings is 2. The molecule has 4 nitrogen and oxygen atoms in total. The summed E-state index contributed by atoms with van der Waals surface area (Å²) in [6.45, 7) is 5.97. The Morgan fingerprint density at radius 1 is 1.07 bits per heavy atom. The molecule has 0 spiro atoms. The number of aryl methyl sites for hydroxylation is 1. The van der Waals surface area contributed by atoms with Crippen LogP contribution in [0.15, 0.2) is 66.0 Å². The third-order valence-corrected chi connectivity index (χ3v) is 7.08. The van der Waals surface area contributed by atoms with E-state index in [4.69, 9.17) is 0 Å². The number of carbonyl (C=O) groups excluding carboxylic acids is 1. The molecule has 2 aromatic carbocycles. The molecule has 4 aromatic rings. The quantitative estimate of drug-likeness (QED) is 0.314. The zero-order chi connectivity index (χ0) is 20.4. The lowest BCUT2D eigenvalue weighted by Crippen LogP contribution is -2.23. The highest BCUT2D eigenvalue weighted by Gasteiger charge is 2.19. The molecule has 4 rings (SSSR count). The molecule has 0 radical (unpaired) electrons. The molecule has 146 valence electrons. The summed E-state index contributed by atoms with van der Waals surface area (Å²) in [6.07, 6.45) is 1.57. The maximum Gasteiger partial charge on any atom is 0.237 e. The smallest absolute Gasteiger partial charge is 0.237 e. The van der Waals surface area contributed by atoms with Crippen LogP contribution in [0.3, 0.4) is 0 Å². The highest BCUT2D eigenvalue weighted by Crippen LogP contribution is 2.37. The molecule has 1 unspecified atom stereocenters. The van der Waals surface area contributed by atoms with Gasteiger partial charge in [-0.05, 0) is 49.6 Å². The summed E-state index contributed by atoms with van der Waals surface area (Å²) in [5.74, 6) is -0.0334. The number of nitrogens with one attached hydrogen (secondary N) is 1. The highest BCUT2D eigenvalue weighted by molar-refractivity contribution is 8.00. The second-order valence-corrected chi connectivity index (χ2v) is 9.23. The van der Waals surface area contributed by atoms with Gasteiger partial charge in [0.25, 0.3) is 0 Å². The predicted molar refractivity (Wildman–Crippen MR) is 123 cm³/mol. The molecule has 0 fully saturated rings. The van der Waals surface area contributed by atoms with Crippen molar-refractivity contribution < 1.29 is 4.79 Å². The Bertz CT molecular complexity index is 1170. The van der Waals surface area contributed by atoms with E-state index in [2.05, 4.69) is 33.5 Å². The third-order valence-electron chi connectivity index (χ3n) is 4.87. The molecular formula is C23H21N3OS2. The van der Waals surface area contributed by atoms with E-state index in [1.54, 1.807) is 17.7 Å². The van der Waals surface area contributed by atoms with Crippen LogP contribution >= 0.6 is 23.1 Å². The van der Waals surface area contributed by atoms with Crippen molar-refractivity contribution in [1.82, 2.24) is 9.97 Å². The first kappa shape index (κ1) is 19.6. The lowest BCUT2D eigenvalue weighted by Gasteiger charge is -2.14. The summed E-state index contributed by atoms with van der Waals surface area (Å²) in [4.78, 5) is 23.7. The van der Waals surface area contributed by atoms with Gasteiger partial charge in [-0.15, -0.1) is 11.3 Å². The summed E-state index contributed by atoms with van der Waals surface area (Å²) < 4.78 is 0. The first-order valence-electron chi connectivity index (χ1n) is 9.36. The van der Waals surface area contributed by atoms with Gasteiger partial charge in [-0.3, -0.25) is 4.79 Å². The Balaban J connectivity index is 1.56. The fourth-order valence-electron chi connectivity index (χ4n) is 3.01. The van der Waals surface area contributed by atoms with Crippen LogP contribution in [0.5, 0.6) is 0 Å². The van der Waals surface area contributed by atoms with Gasteiger partial charge in [-0.1, -0.05) is 54.2 Å². The number of carbonyl (C=O) groups is 1. The van der Waals surface area contributed by atoms with Crippen molar-refractivity contribution in [3.63, 3.8) is 0 Å². The zero-order valence-corrected chi connectivity index (χ0v) is 18.1. The van der Waals surface area contributed by atoms with E-state index in [0.29, 0.717) is 0 Å². The Labute approximate surface area is 178 Å². The zero-order valence-electron chi connectivity index (χ0n) is 16.5. The molecule has 1 amide bonds. The van der Waals surface area contributed by atoms with Gasteiger partial charge in [-0.2, -0.15) is 0 Å². The van der Waals surface area contributed by atoms with E-state index >= 15 is 0 Å². The lowest BCUT2D eigenvalue weighted by molar-refractivity contribution is -0.115. The van der Waals surface area contributed by atoms with Gasteiger partial charge in [-0.25, -0.2) is 9.97 Å². The number of aromatic nitrogens is 2. The molecule has 2 aromatic heterocycles. The molecule has 1 atom stereocenters. The molecule has 0 saturated carbocycles. The third kappa shape index (κ3) is 4.18. The van der Waals surface area contributed by atoms with Crippen LogP contribution < -0.4 is 5.32 Å². The van der Waals surface area contributed by atoms with Crippen LogP contribution in [0, 0.1) is 13.8 Å². The molecule has 0 bridgehead atoms. The van der Waals surface area contributed by atoms with Crippen LogP contribution in [-0.2, 0) is 4.79 Å². The maximum absolute atomic E-state index is 12.8. The summed E-state index contributed by atoms with van der Waals surface area (Å²) in [5.41, 5.74) is 4.27. The molecule has 0 saturated heterocycles. The predicted octanol–water partition coefficient (Wildman–Crippen LogP) is 6.09.